The first kappa shape index (κ1) is 16.2. The Balaban J connectivity index is 1.96. The lowest BCUT2D eigenvalue weighted by Crippen LogP contribution is -2.29. The molecule has 1 aliphatic rings. The summed E-state index contributed by atoms with van der Waals surface area (Å²) in [5, 5.41) is 3.50. The van der Waals surface area contributed by atoms with E-state index in [4.69, 9.17) is 4.74 Å². The third kappa shape index (κ3) is 5.29. The van der Waals surface area contributed by atoms with Crippen molar-refractivity contribution in [2.45, 2.75) is 46.3 Å². The Morgan fingerprint density at radius 1 is 1.43 bits per heavy atom. The van der Waals surface area contributed by atoms with Crippen LogP contribution in [-0.4, -0.2) is 37.8 Å². The molecule has 21 heavy (non-hydrogen) atoms. The van der Waals surface area contributed by atoms with Gasteiger partial charge in [-0.1, -0.05) is 13.8 Å². The number of aryl methyl sites for hydroxylation is 1. The predicted octanol–water partition coefficient (Wildman–Crippen LogP) is 2.75. The Bertz CT molecular complexity index is 442. The number of rotatable bonds is 7. The van der Waals surface area contributed by atoms with E-state index < -0.39 is 0 Å². The molecule has 2 rings (SSSR count). The average molecular weight is 291 g/mol. The van der Waals surface area contributed by atoms with E-state index in [0.717, 1.165) is 37.8 Å². The first-order chi connectivity index (χ1) is 10.0. The Morgan fingerprint density at radius 3 is 2.90 bits per heavy atom. The zero-order chi connectivity index (χ0) is 15.2. The molecule has 4 nitrogen and oxygen atoms in total. The quantitative estimate of drug-likeness (QED) is 0.838. The summed E-state index contributed by atoms with van der Waals surface area (Å²) in [4.78, 5) is 6.88. The molecule has 1 aromatic heterocycles. The second kappa shape index (κ2) is 7.76. The van der Waals surface area contributed by atoms with Crippen molar-refractivity contribution in [2.24, 2.45) is 5.92 Å². The summed E-state index contributed by atoms with van der Waals surface area (Å²) in [5.74, 6) is 1.72. The fourth-order valence-corrected chi connectivity index (χ4v) is 2.71. The van der Waals surface area contributed by atoms with Crippen LogP contribution in [-0.2, 0) is 11.3 Å². The van der Waals surface area contributed by atoms with Gasteiger partial charge in [0, 0.05) is 32.4 Å². The summed E-state index contributed by atoms with van der Waals surface area (Å²) in [6.07, 6.45) is 2.71. The standard InChI is InChI=1S/C17H29N3O/c1-13(2)10-18-11-15-8-14(3)19-17(9-15)20(4)12-16-6-5-7-21-16/h8-9,13,16,18H,5-7,10-12H2,1-4H3. The fourth-order valence-electron chi connectivity index (χ4n) is 2.71. The first-order valence-corrected chi connectivity index (χ1v) is 8.05. The zero-order valence-electron chi connectivity index (χ0n) is 13.9. The summed E-state index contributed by atoms with van der Waals surface area (Å²) < 4.78 is 5.72. The molecule has 0 radical (unpaired) electrons. The molecule has 2 heterocycles. The Morgan fingerprint density at radius 2 is 2.24 bits per heavy atom. The van der Waals surface area contributed by atoms with Crippen LogP contribution in [0.25, 0.3) is 0 Å². The molecule has 1 atom stereocenters. The number of pyridine rings is 1. The summed E-state index contributed by atoms with van der Waals surface area (Å²) in [5.41, 5.74) is 2.38. The van der Waals surface area contributed by atoms with Gasteiger partial charge in [0.25, 0.3) is 0 Å². The number of hydrogen-bond acceptors (Lipinski definition) is 4. The number of ether oxygens (including phenoxy) is 1. The molecule has 0 aliphatic carbocycles. The van der Waals surface area contributed by atoms with Gasteiger partial charge in [-0.3, -0.25) is 0 Å². The smallest absolute Gasteiger partial charge is 0.128 e. The second-order valence-corrected chi connectivity index (χ2v) is 6.52. The van der Waals surface area contributed by atoms with Crippen molar-refractivity contribution in [3.63, 3.8) is 0 Å². The number of anilines is 1. The van der Waals surface area contributed by atoms with Crippen molar-refractivity contribution in [3.8, 4) is 0 Å². The minimum Gasteiger partial charge on any atom is -0.376 e. The van der Waals surface area contributed by atoms with Gasteiger partial charge in [0.05, 0.1) is 6.10 Å². The van der Waals surface area contributed by atoms with Gasteiger partial charge in [0.1, 0.15) is 5.82 Å². The topological polar surface area (TPSA) is 37.4 Å². The van der Waals surface area contributed by atoms with Gasteiger partial charge >= 0.3 is 0 Å². The van der Waals surface area contributed by atoms with Crippen molar-refractivity contribution < 1.29 is 4.74 Å². The molecule has 1 saturated heterocycles. The van der Waals surface area contributed by atoms with Crippen LogP contribution in [0.1, 0.15) is 37.9 Å². The summed E-state index contributed by atoms with van der Waals surface area (Å²) >= 11 is 0. The van der Waals surface area contributed by atoms with Crippen LogP contribution in [0.15, 0.2) is 12.1 Å². The van der Waals surface area contributed by atoms with Crippen molar-refractivity contribution in [1.82, 2.24) is 10.3 Å². The number of nitrogens with zero attached hydrogens (tertiary/aromatic N) is 2. The van der Waals surface area contributed by atoms with Gasteiger partial charge in [-0.05, 0) is 49.9 Å². The lowest BCUT2D eigenvalue weighted by atomic mass is 10.2. The van der Waals surface area contributed by atoms with Gasteiger partial charge in [-0.15, -0.1) is 0 Å². The molecule has 0 amide bonds. The molecule has 0 aromatic carbocycles. The highest BCUT2D eigenvalue weighted by atomic mass is 16.5. The molecular weight excluding hydrogens is 262 g/mol. The molecule has 1 aliphatic heterocycles. The molecule has 1 unspecified atom stereocenters. The molecule has 118 valence electrons. The molecule has 1 N–H and O–H groups in total. The minimum absolute atomic E-state index is 0.361. The highest BCUT2D eigenvalue weighted by Gasteiger charge is 2.18. The predicted molar refractivity (Wildman–Crippen MR) is 87.8 cm³/mol. The normalized spacial score (nSPS) is 18.4. The number of hydrogen-bond donors (Lipinski definition) is 1. The van der Waals surface area contributed by atoms with Crippen molar-refractivity contribution in [1.29, 1.82) is 0 Å². The van der Waals surface area contributed by atoms with Crippen LogP contribution in [0.3, 0.4) is 0 Å². The van der Waals surface area contributed by atoms with E-state index in [0.29, 0.717) is 12.0 Å². The Labute approximate surface area is 128 Å². The van der Waals surface area contributed by atoms with Gasteiger partial charge in [0.2, 0.25) is 0 Å². The third-order valence-corrected chi connectivity index (χ3v) is 3.77. The van der Waals surface area contributed by atoms with Gasteiger partial charge in [0.15, 0.2) is 0 Å². The third-order valence-electron chi connectivity index (χ3n) is 3.77. The van der Waals surface area contributed by atoms with Crippen molar-refractivity contribution in [2.75, 3.05) is 31.6 Å². The van der Waals surface area contributed by atoms with Crippen LogP contribution in [0.2, 0.25) is 0 Å². The zero-order valence-corrected chi connectivity index (χ0v) is 13.9. The first-order valence-electron chi connectivity index (χ1n) is 8.05. The van der Waals surface area contributed by atoms with Gasteiger partial charge in [-0.25, -0.2) is 4.98 Å². The minimum atomic E-state index is 0.361. The fraction of sp³-hybridized carbons (Fsp3) is 0.706. The number of aromatic nitrogens is 1. The largest absolute Gasteiger partial charge is 0.376 e. The second-order valence-electron chi connectivity index (χ2n) is 6.52. The maximum Gasteiger partial charge on any atom is 0.128 e. The van der Waals surface area contributed by atoms with E-state index in [2.05, 4.69) is 55.2 Å². The monoisotopic (exact) mass is 291 g/mol. The van der Waals surface area contributed by atoms with E-state index in [1.165, 1.54) is 18.4 Å². The summed E-state index contributed by atoms with van der Waals surface area (Å²) in [6.45, 7) is 10.3. The SMILES string of the molecule is Cc1cc(CNCC(C)C)cc(N(C)CC2CCCO2)n1. The Hall–Kier alpha value is -1.13. The van der Waals surface area contributed by atoms with Crippen LogP contribution in [0, 0.1) is 12.8 Å². The highest BCUT2D eigenvalue weighted by Crippen LogP contribution is 2.18. The maximum atomic E-state index is 5.72. The van der Waals surface area contributed by atoms with Crippen molar-refractivity contribution in [3.05, 3.63) is 23.4 Å². The number of nitrogens with one attached hydrogen (secondary N) is 1. The molecule has 1 aromatic rings. The van der Waals surface area contributed by atoms with Crippen molar-refractivity contribution >= 4 is 5.82 Å². The van der Waals surface area contributed by atoms with Gasteiger partial charge in [-0.2, -0.15) is 0 Å². The average Bonchev–Trinajstić information content (AvgIpc) is 2.90. The Kier molecular flexibility index (Phi) is 6.00. The van der Waals surface area contributed by atoms with E-state index >= 15 is 0 Å². The lowest BCUT2D eigenvalue weighted by molar-refractivity contribution is 0.116. The van der Waals surface area contributed by atoms with E-state index in [1.807, 2.05) is 0 Å². The molecule has 1 fully saturated rings. The van der Waals surface area contributed by atoms with E-state index in [-0.39, 0.29) is 0 Å². The van der Waals surface area contributed by atoms with Crippen LogP contribution < -0.4 is 10.2 Å². The van der Waals surface area contributed by atoms with E-state index in [9.17, 15) is 0 Å². The van der Waals surface area contributed by atoms with Crippen LogP contribution in [0.4, 0.5) is 5.82 Å². The molecular formula is C17H29N3O. The lowest BCUT2D eigenvalue weighted by Gasteiger charge is -2.22. The highest BCUT2D eigenvalue weighted by molar-refractivity contribution is 5.42. The maximum absolute atomic E-state index is 5.72. The number of likely N-dealkylation sites (N-methyl/N-ethyl adjacent to an activating group) is 1. The summed E-state index contributed by atoms with van der Waals surface area (Å²) in [6, 6.07) is 4.35. The molecule has 0 saturated carbocycles. The van der Waals surface area contributed by atoms with Crippen LogP contribution in [0.5, 0.6) is 0 Å². The molecule has 0 bridgehead atoms. The van der Waals surface area contributed by atoms with Gasteiger partial charge < -0.3 is 15.0 Å². The van der Waals surface area contributed by atoms with Crippen LogP contribution >= 0.6 is 0 Å². The molecule has 0 spiro atoms. The molecule has 4 heteroatoms. The summed E-state index contributed by atoms with van der Waals surface area (Å²) in [7, 11) is 2.11. The van der Waals surface area contributed by atoms with E-state index in [1.54, 1.807) is 0 Å².